The average molecular weight is 374 g/mol. The van der Waals surface area contributed by atoms with Gasteiger partial charge in [-0.3, -0.25) is 4.79 Å². The molecule has 5 nitrogen and oxygen atoms in total. The molecule has 7 heteroatoms. The summed E-state index contributed by atoms with van der Waals surface area (Å²) in [5.74, 6) is -1.07. The van der Waals surface area contributed by atoms with Crippen LogP contribution in [0.25, 0.3) is 0 Å². The summed E-state index contributed by atoms with van der Waals surface area (Å²) in [4.78, 5) is 24.8. The van der Waals surface area contributed by atoms with Gasteiger partial charge in [0.1, 0.15) is 11.4 Å². The summed E-state index contributed by atoms with van der Waals surface area (Å²) in [5, 5.41) is 7.37. The van der Waals surface area contributed by atoms with Crippen LogP contribution >= 0.6 is 11.6 Å². The van der Waals surface area contributed by atoms with Gasteiger partial charge in [0.25, 0.3) is 5.91 Å². The van der Waals surface area contributed by atoms with Crippen molar-refractivity contribution < 1.29 is 14.0 Å². The van der Waals surface area contributed by atoms with Crippen LogP contribution < -0.4 is 5.32 Å². The fourth-order valence-corrected chi connectivity index (χ4v) is 2.94. The summed E-state index contributed by atoms with van der Waals surface area (Å²) >= 11 is 5.93. The molecular formula is C19H17ClFN3O2. The number of hydrogen-bond donors (Lipinski definition) is 1. The van der Waals surface area contributed by atoms with Gasteiger partial charge in [0.05, 0.1) is 11.2 Å². The number of benzene rings is 2. The highest BCUT2D eigenvalue weighted by Gasteiger charge is 2.47. The van der Waals surface area contributed by atoms with Crippen molar-refractivity contribution in [3.8, 4) is 0 Å². The number of rotatable bonds is 5. The van der Waals surface area contributed by atoms with Gasteiger partial charge >= 0.3 is 6.03 Å². The van der Waals surface area contributed by atoms with Crippen molar-refractivity contribution in [1.82, 2.24) is 10.3 Å². The number of hydrazone groups is 1. The van der Waals surface area contributed by atoms with E-state index in [1.54, 1.807) is 6.92 Å². The van der Waals surface area contributed by atoms with E-state index in [9.17, 15) is 14.0 Å². The van der Waals surface area contributed by atoms with Crippen LogP contribution in [0.5, 0.6) is 0 Å². The molecule has 0 unspecified atom stereocenters. The first-order valence-corrected chi connectivity index (χ1v) is 8.47. The Morgan fingerprint density at radius 1 is 1.19 bits per heavy atom. The number of carbonyl (C=O) groups excluding carboxylic acids is 2. The van der Waals surface area contributed by atoms with Crippen molar-refractivity contribution in [3.05, 3.63) is 70.5 Å². The third-order valence-corrected chi connectivity index (χ3v) is 4.63. The van der Waals surface area contributed by atoms with E-state index in [-0.39, 0.29) is 10.6 Å². The molecule has 0 aliphatic carbocycles. The predicted octanol–water partition coefficient (Wildman–Crippen LogP) is 3.76. The number of halogens is 2. The highest BCUT2D eigenvalue weighted by molar-refractivity contribution is 6.33. The lowest BCUT2D eigenvalue weighted by molar-refractivity contribution is -0.130. The maximum atomic E-state index is 13.8. The number of nitrogens with one attached hydrogen (secondary N) is 1. The number of urea groups is 1. The van der Waals surface area contributed by atoms with Crippen molar-refractivity contribution >= 4 is 29.8 Å². The number of hydrogen-bond acceptors (Lipinski definition) is 3. The monoisotopic (exact) mass is 373 g/mol. The minimum atomic E-state index is -1.07. The number of carbonyl (C=O) groups is 2. The molecule has 0 aromatic heterocycles. The summed E-state index contributed by atoms with van der Waals surface area (Å²) in [6.45, 7) is 1.65. The zero-order valence-corrected chi connectivity index (χ0v) is 14.8. The molecule has 1 aliphatic rings. The van der Waals surface area contributed by atoms with Crippen molar-refractivity contribution in [2.75, 3.05) is 0 Å². The second-order valence-corrected chi connectivity index (χ2v) is 6.65. The highest BCUT2D eigenvalue weighted by Crippen LogP contribution is 2.24. The Morgan fingerprint density at radius 3 is 2.62 bits per heavy atom. The number of amides is 3. The van der Waals surface area contributed by atoms with Crippen LogP contribution in [-0.2, 0) is 11.2 Å². The van der Waals surface area contributed by atoms with E-state index in [0.717, 1.165) is 11.8 Å². The largest absolute Gasteiger partial charge is 0.346 e. The van der Waals surface area contributed by atoms with Crippen molar-refractivity contribution in [1.29, 1.82) is 0 Å². The van der Waals surface area contributed by atoms with Gasteiger partial charge in [0, 0.05) is 5.56 Å². The molecule has 134 valence electrons. The molecule has 0 saturated carbocycles. The van der Waals surface area contributed by atoms with E-state index >= 15 is 0 Å². The maximum absolute atomic E-state index is 13.8. The number of nitrogens with zero attached hydrogens (tertiary/aromatic N) is 2. The van der Waals surface area contributed by atoms with Gasteiger partial charge in [-0.15, -0.1) is 5.01 Å². The van der Waals surface area contributed by atoms with E-state index in [1.807, 2.05) is 30.3 Å². The van der Waals surface area contributed by atoms with E-state index < -0.39 is 23.3 Å². The first kappa shape index (κ1) is 18.1. The Labute approximate surface area is 155 Å². The lowest BCUT2D eigenvalue weighted by Crippen LogP contribution is -2.44. The van der Waals surface area contributed by atoms with E-state index in [2.05, 4.69) is 10.4 Å². The van der Waals surface area contributed by atoms with E-state index in [1.165, 1.54) is 18.2 Å². The molecule has 3 amide bonds. The molecule has 26 heavy (non-hydrogen) atoms. The quantitative estimate of drug-likeness (QED) is 0.640. The fourth-order valence-electron chi connectivity index (χ4n) is 2.73. The van der Waals surface area contributed by atoms with Gasteiger partial charge < -0.3 is 5.32 Å². The standard InChI is InChI=1S/C19H17ClFN3O2/c1-19(11-10-13-6-3-2-4-7-13)17(25)24(18(26)23-19)22-12-14-15(20)8-5-9-16(14)21/h2-9,12H,10-11H2,1H3,(H,23,26)/b22-12-/t19-/m1/s1. The average Bonchev–Trinajstić information content (AvgIpc) is 2.84. The molecule has 1 saturated heterocycles. The smallest absolute Gasteiger partial charge is 0.322 e. The molecule has 1 N–H and O–H groups in total. The van der Waals surface area contributed by atoms with Crippen LogP contribution in [0, 0.1) is 5.82 Å². The first-order chi connectivity index (χ1) is 12.4. The Morgan fingerprint density at radius 2 is 1.92 bits per heavy atom. The molecule has 1 heterocycles. The Kier molecular flexibility index (Phi) is 5.04. The molecular weight excluding hydrogens is 357 g/mol. The third-order valence-electron chi connectivity index (χ3n) is 4.30. The van der Waals surface area contributed by atoms with Gasteiger partial charge in [-0.05, 0) is 37.5 Å². The van der Waals surface area contributed by atoms with Crippen molar-refractivity contribution in [2.24, 2.45) is 5.10 Å². The molecule has 2 aromatic carbocycles. The Balaban J connectivity index is 1.75. The van der Waals surface area contributed by atoms with Crippen LogP contribution in [0.2, 0.25) is 5.02 Å². The Bertz CT molecular complexity index is 852. The topological polar surface area (TPSA) is 61.8 Å². The molecule has 0 spiro atoms. The van der Waals surface area contributed by atoms with Gasteiger partial charge in [-0.25, -0.2) is 9.18 Å². The highest BCUT2D eigenvalue weighted by atomic mass is 35.5. The third kappa shape index (κ3) is 3.60. The summed E-state index contributed by atoms with van der Waals surface area (Å²) in [6, 6.07) is 13.2. The van der Waals surface area contributed by atoms with Gasteiger partial charge in [-0.2, -0.15) is 5.10 Å². The minimum absolute atomic E-state index is 0.0210. The van der Waals surface area contributed by atoms with Crippen LogP contribution in [0.15, 0.2) is 53.6 Å². The Hall–Kier alpha value is -2.73. The SMILES string of the molecule is C[C@]1(CCc2ccccc2)NC(=O)N(/N=C\c2c(F)cccc2Cl)C1=O. The molecule has 1 fully saturated rings. The van der Waals surface area contributed by atoms with Crippen LogP contribution in [-0.4, -0.2) is 28.7 Å². The molecule has 2 aromatic rings. The van der Waals surface area contributed by atoms with Gasteiger partial charge in [0.15, 0.2) is 0 Å². The summed E-state index contributed by atoms with van der Waals surface area (Å²) in [6.07, 6.45) is 2.13. The second kappa shape index (κ2) is 7.25. The minimum Gasteiger partial charge on any atom is -0.322 e. The summed E-state index contributed by atoms with van der Waals surface area (Å²) in [5.41, 5.74) is 0.0204. The lowest BCUT2D eigenvalue weighted by atomic mass is 9.93. The molecule has 0 radical (unpaired) electrons. The van der Waals surface area contributed by atoms with E-state index in [4.69, 9.17) is 11.6 Å². The first-order valence-electron chi connectivity index (χ1n) is 8.09. The van der Waals surface area contributed by atoms with Crippen molar-refractivity contribution in [3.63, 3.8) is 0 Å². The maximum Gasteiger partial charge on any atom is 0.346 e. The molecule has 0 bridgehead atoms. The zero-order valence-electron chi connectivity index (χ0n) is 14.1. The van der Waals surface area contributed by atoms with E-state index in [0.29, 0.717) is 17.9 Å². The summed E-state index contributed by atoms with van der Waals surface area (Å²) in [7, 11) is 0. The van der Waals surface area contributed by atoms with Crippen molar-refractivity contribution in [2.45, 2.75) is 25.3 Å². The molecule has 1 atom stereocenters. The predicted molar refractivity (Wildman–Crippen MR) is 97.5 cm³/mol. The van der Waals surface area contributed by atoms with Gasteiger partial charge in [-0.1, -0.05) is 48.0 Å². The fraction of sp³-hybridized carbons (Fsp3) is 0.211. The van der Waals surface area contributed by atoms with Crippen LogP contribution in [0.3, 0.4) is 0 Å². The number of imide groups is 1. The van der Waals surface area contributed by atoms with Gasteiger partial charge in [0.2, 0.25) is 0 Å². The lowest BCUT2D eigenvalue weighted by Gasteiger charge is -2.20. The molecule has 1 aliphatic heterocycles. The second-order valence-electron chi connectivity index (χ2n) is 6.24. The normalized spacial score (nSPS) is 20.0. The zero-order chi connectivity index (χ0) is 18.7. The van der Waals surface area contributed by atoms with Crippen LogP contribution in [0.4, 0.5) is 9.18 Å². The number of aryl methyl sites for hydroxylation is 1. The van der Waals surface area contributed by atoms with Crippen LogP contribution in [0.1, 0.15) is 24.5 Å². The summed E-state index contributed by atoms with van der Waals surface area (Å²) < 4.78 is 13.8. The molecule has 3 rings (SSSR count).